The monoisotopic (exact) mass is 202 g/mol. The molecule has 0 saturated heterocycles. The summed E-state index contributed by atoms with van der Waals surface area (Å²) in [6.45, 7) is 9.11. The van der Waals surface area contributed by atoms with Crippen molar-refractivity contribution in [2.45, 2.75) is 59.0 Å². The minimum absolute atomic E-state index is 0.414. The average Bonchev–Trinajstić information content (AvgIpc) is 2.20. The first kappa shape index (κ1) is 13.9. The summed E-state index contributed by atoms with van der Waals surface area (Å²) < 4.78 is 11.2. The SMILES string of the molecule is CCCOCCC(CCC)OCCC. The first-order chi connectivity index (χ1) is 6.85. The molecule has 86 valence electrons. The van der Waals surface area contributed by atoms with Crippen LogP contribution >= 0.6 is 0 Å². The van der Waals surface area contributed by atoms with Crippen LogP contribution in [0.3, 0.4) is 0 Å². The zero-order valence-corrected chi connectivity index (χ0v) is 10.1. The van der Waals surface area contributed by atoms with Gasteiger partial charge in [0.15, 0.2) is 0 Å². The molecule has 0 amide bonds. The van der Waals surface area contributed by atoms with E-state index in [1.807, 2.05) is 0 Å². The van der Waals surface area contributed by atoms with Crippen LogP contribution in [-0.4, -0.2) is 25.9 Å². The van der Waals surface area contributed by atoms with Crippen molar-refractivity contribution in [3.63, 3.8) is 0 Å². The molecule has 0 saturated carbocycles. The van der Waals surface area contributed by atoms with Gasteiger partial charge >= 0.3 is 0 Å². The fourth-order valence-electron chi connectivity index (χ4n) is 1.38. The molecule has 0 heterocycles. The molecular weight excluding hydrogens is 176 g/mol. The van der Waals surface area contributed by atoms with E-state index in [1.54, 1.807) is 0 Å². The van der Waals surface area contributed by atoms with E-state index in [4.69, 9.17) is 9.47 Å². The van der Waals surface area contributed by atoms with Gasteiger partial charge in [0, 0.05) is 19.8 Å². The van der Waals surface area contributed by atoms with E-state index in [0.29, 0.717) is 6.10 Å². The molecule has 0 radical (unpaired) electrons. The third-order valence-corrected chi connectivity index (χ3v) is 2.10. The molecule has 0 aliphatic rings. The van der Waals surface area contributed by atoms with Gasteiger partial charge in [0.1, 0.15) is 0 Å². The van der Waals surface area contributed by atoms with Crippen molar-refractivity contribution in [1.82, 2.24) is 0 Å². The first-order valence-corrected chi connectivity index (χ1v) is 6.04. The highest BCUT2D eigenvalue weighted by atomic mass is 16.5. The predicted octanol–water partition coefficient (Wildman–Crippen LogP) is 3.40. The van der Waals surface area contributed by atoms with Crippen molar-refractivity contribution in [2.75, 3.05) is 19.8 Å². The minimum Gasteiger partial charge on any atom is -0.381 e. The van der Waals surface area contributed by atoms with Crippen LogP contribution in [-0.2, 0) is 9.47 Å². The second-order valence-electron chi connectivity index (χ2n) is 3.68. The Morgan fingerprint density at radius 1 is 0.786 bits per heavy atom. The van der Waals surface area contributed by atoms with Gasteiger partial charge in [0.25, 0.3) is 0 Å². The summed E-state index contributed by atoms with van der Waals surface area (Å²) in [6.07, 6.45) is 6.03. The largest absolute Gasteiger partial charge is 0.381 e. The van der Waals surface area contributed by atoms with Crippen molar-refractivity contribution in [3.8, 4) is 0 Å². The van der Waals surface area contributed by atoms with Gasteiger partial charge < -0.3 is 9.47 Å². The van der Waals surface area contributed by atoms with E-state index in [1.165, 1.54) is 6.42 Å². The molecule has 1 atom stereocenters. The lowest BCUT2D eigenvalue weighted by Gasteiger charge is -2.16. The molecule has 0 aliphatic carbocycles. The highest BCUT2D eigenvalue weighted by molar-refractivity contribution is 4.56. The molecule has 14 heavy (non-hydrogen) atoms. The Labute approximate surface area is 89.0 Å². The van der Waals surface area contributed by atoms with Crippen LogP contribution in [0.1, 0.15) is 52.9 Å². The van der Waals surface area contributed by atoms with Gasteiger partial charge in [-0.25, -0.2) is 0 Å². The number of hydrogen-bond acceptors (Lipinski definition) is 2. The highest BCUT2D eigenvalue weighted by Gasteiger charge is 2.06. The molecule has 0 spiro atoms. The normalized spacial score (nSPS) is 13.1. The highest BCUT2D eigenvalue weighted by Crippen LogP contribution is 2.07. The molecule has 0 aromatic heterocycles. The quantitative estimate of drug-likeness (QED) is 0.505. The van der Waals surface area contributed by atoms with Crippen LogP contribution in [0.15, 0.2) is 0 Å². The van der Waals surface area contributed by atoms with Gasteiger partial charge in [-0.15, -0.1) is 0 Å². The van der Waals surface area contributed by atoms with E-state index < -0.39 is 0 Å². The Morgan fingerprint density at radius 3 is 2.07 bits per heavy atom. The summed E-state index contributed by atoms with van der Waals surface area (Å²) in [4.78, 5) is 0. The number of hydrogen-bond donors (Lipinski definition) is 0. The van der Waals surface area contributed by atoms with Crippen LogP contribution in [0.5, 0.6) is 0 Å². The Bertz CT molecular complexity index is 104. The summed E-state index contributed by atoms with van der Waals surface area (Å²) in [5, 5.41) is 0. The second-order valence-corrected chi connectivity index (χ2v) is 3.68. The zero-order valence-electron chi connectivity index (χ0n) is 10.1. The number of rotatable bonds is 10. The van der Waals surface area contributed by atoms with Crippen LogP contribution in [0.25, 0.3) is 0 Å². The average molecular weight is 202 g/mol. The first-order valence-electron chi connectivity index (χ1n) is 6.04. The maximum atomic E-state index is 5.73. The fraction of sp³-hybridized carbons (Fsp3) is 1.00. The lowest BCUT2D eigenvalue weighted by Crippen LogP contribution is -2.16. The molecule has 0 N–H and O–H groups in total. The van der Waals surface area contributed by atoms with Crippen molar-refractivity contribution in [2.24, 2.45) is 0 Å². The van der Waals surface area contributed by atoms with Crippen molar-refractivity contribution >= 4 is 0 Å². The summed E-state index contributed by atoms with van der Waals surface area (Å²) in [5.74, 6) is 0. The topological polar surface area (TPSA) is 18.5 Å². The Morgan fingerprint density at radius 2 is 1.50 bits per heavy atom. The third-order valence-electron chi connectivity index (χ3n) is 2.10. The van der Waals surface area contributed by atoms with Gasteiger partial charge in [-0.1, -0.05) is 27.2 Å². The summed E-state index contributed by atoms with van der Waals surface area (Å²) in [6, 6.07) is 0. The van der Waals surface area contributed by atoms with Crippen LogP contribution in [0, 0.1) is 0 Å². The molecule has 0 aromatic carbocycles. The standard InChI is InChI=1S/C12H26O2/c1-4-7-12(14-10-6-3)8-11-13-9-5-2/h12H,4-11H2,1-3H3. The van der Waals surface area contributed by atoms with Crippen molar-refractivity contribution < 1.29 is 9.47 Å². The van der Waals surface area contributed by atoms with Crippen LogP contribution in [0.2, 0.25) is 0 Å². The summed E-state index contributed by atoms with van der Waals surface area (Å²) >= 11 is 0. The Kier molecular flexibility index (Phi) is 10.9. The van der Waals surface area contributed by atoms with E-state index in [2.05, 4.69) is 20.8 Å². The third kappa shape index (κ3) is 8.52. The van der Waals surface area contributed by atoms with Crippen LogP contribution in [0.4, 0.5) is 0 Å². The Hall–Kier alpha value is -0.0800. The maximum Gasteiger partial charge on any atom is 0.0597 e. The number of ether oxygens (including phenoxy) is 2. The molecule has 2 nitrogen and oxygen atoms in total. The smallest absolute Gasteiger partial charge is 0.0597 e. The lowest BCUT2D eigenvalue weighted by molar-refractivity contribution is 0.0167. The fourth-order valence-corrected chi connectivity index (χ4v) is 1.38. The van der Waals surface area contributed by atoms with E-state index in [-0.39, 0.29) is 0 Å². The van der Waals surface area contributed by atoms with Crippen molar-refractivity contribution in [3.05, 3.63) is 0 Å². The van der Waals surface area contributed by atoms with Gasteiger partial charge in [0.05, 0.1) is 6.10 Å². The van der Waals surface area contributed by atoms with Gasteiger partial charge in [0.2, 0.25) is 0 Å². The summed E-state index contributed by atoms with van der Waals surface area (Å²) in [5.41, 5.74) is 0. The molecule has 1 unspecified atom stereocenters. The Balaban J connectivity index is 3.40. The second kappa shape index (κ2) is 11.0. The van der Waals surface area contributed by atoms with E-state index in [9.17, 15) is 0 Å². The molecule has 0 aliphatic heterocycles. The molecule has 0 fully saturated rings. The van der Waals surface area contributed by atoms with E-state index >= 15 is 0 Å². The minimum atomic E-state index is 0.414. The van der Waals surface area contributed by atoms with Gasteiger partial charge in [-0.3, -0.25) is 0 Å². The lowest BCUT2D eigenvalue weighted by atomic mass is 10.1. The molecule has 2 heteroatoms. The van der Waals surface area contributed by atoms with Gasteiger partial charge in [-0.05, 0) is 25.7 Å². The molecular formula is C12H26O2. The maximum absolute atomic E-state index is 5.73. The van der Waals surface area contributed by atoms with Crippen molar-refractivity contribution in [1.29, 1.82) is 0 Å². The van der Waals surface area contributed by atoms with Crippen LogP contribution < -0.4 is 0 Å². The summed E-state index contributed by atoms with van der Waals surface area (Å²) in [7, 11) is 0. The molecule has 0 aromatic rings. The van der Waals surface area contributed by atoms with Gasteiger partial charge in [-0.2, -0.15) is 0 Å². The zero-order chi connectivity index (χ0) is 10.6. The predicted molar refractivity (Wildman–Crippen MR) is 60.7 cm³/mol. The van der Waals surface area contributed by atoms with E-state index in [0.717, 1.165) is 45.5 Å². The molecule has 0 bridgehead atoms. The molecule has 0 rings (SSSR count).